The topological polar surface area (TPSA) is 83.5 Å². The van der Waals surface area contributed by atoms with Crippen molar-refractivity contribution in [2.24, 2.45) is 0 Å². The van der Waals surface area contributed by atoms with Gasteiger partial charge in [-0.25, -0.2) is 13.4 Å². The van der Waals surface area contributed by atoms with Crippen LogP contribution in [0.5, 0.6) is 0 Å². The van der Waals surface area contributed by atoms with Crippen molar-refractivity contribution >= 4 is 15.9 Å². The van der Waals surface area contributed by atoms with Crippen LogP contribution in [0.2, 0.25) is 0 Å². The molecule has 0 radical (unpaired) electrons. The van der Waals surface area contributed by atoms with Gasteiger partial charge in [0.25, 0.3) is 5.91 Å². The zero-order chi connectivity index (χ0) is 17.9. The molecule has 3 rings (SSSR count). The fourth-order valence-electron chi connectivity index (χ4n) is 2.71. The van der Waals surface area contributed by atoms with Crippen LogP contribution in [0.3, 0.4) is 0 Å². The standard InChI is InChI=1S/C17H20N4O3S/c1-14-11-19-16(12-18-14)17(22)20-7-9-21(10-8-20)25(23,24)13-15-5-3-2-4-6-15/h2-6,11-12H,7-10,13H2,1H3. The first-order chi connectivity index (χ1) is 12.0. The number of carbonyl (C=O) groups is 1. The Balaban J connectivity index is 1.61. The Bertz CT molecular complexity index is 830. The number of sulfonamides is 1. The molecule has 0 atom stereocenters. The summed E-state index contributed by atoms with van der Waals surface area (Å²) in [6, 6.07) is 9.10. The predicted octanol–water partition coefficient (Wildman–Crippen LogP) is 1.07. The zero-order valence-electron chi connectivity index (χ0n) is 14.0. The maximum Gasteiger partial charge on any atom is 0.274 e. The van der Waals surface area contributed by atoms with Crippen LogP contribution in [-0.2, 0) is 15.8 Å². The summed E-state index contributed by atoms with van der Waals surface area (Å²) < 4.78 is 26.5. The molecule has 0 spiro atoms. The van der Waals surface area contributed by atoms with Gasteiger partial charge in [0, 0.05) is 32.4 Å². The Morgan fingerprint density at radius 1 is 1.04 bits per heavy atom. The summed E-state index contributed by atoms with van der Waals surface area (Å²) in [5.74, 6) is -0.238. The first kappa shape index (κ1) is 17.5. The maximum absolute atomic E-state index is 12.5. The molecular weight excluding hydrogens is 340 g/mol. The molecule has 0 N–H and O–H groups in total. The minimum Gasteiger partial charge on any atom is -0.335 e. The highest BCUT2D eigenvalue weighted by Crippen LogP contribution is 2.14. The highest BCUT2D eigenvalue weighted by molar-refractivity contribution is 7.88. The van der Waals surface area contributed by atoms with Gasteiger partial charge in [-0.15, -0.1) is 0 Å². The maximum atomic E-state index is 12.5. The lowest BCUT2D eigenvalue weighted by Gasteiger charge is -2.33. The fraction of sp³-hybridized carbons (Fsp3) is 0.353. The molecule has 1 fully saturated rings. The molecule has 0 aliphatic carbocycles. The van der Waals surface area contributed by atoms with Crippen molar-refractivity contribution in [2.45, 2.75) is 12.7 Å². The van der Waals surface area contributed by atoms with Crippen LogP contribution in [0.4, 0.5) is 0 Å². The molecule has 0 bridgehead atoms. The third-order valence-electron chi connectivity index (χ3n) is 4.11. The van der Waals surface area contributed by atoms with Gasteiger partial charge in [-0.1, -0.05) is 30.3 Å². The normalized spacial score (nSPS) is 16.0. The van der Waals surface area contributed by atoms with E-state index in [4.69, 9.17) is 0 Å². The first-order valence-electron chi connectivity index (χ1n) is 8.05. The summed E-state index contributed by atoms with van der Waals surface area (Å²) in [4.78, 5) is 22.2. The van der Waals surface area contributed by atoms with E-state index >= 15 is 0 Å². The van der Waals surface area contributed by atoms with Crippen molar-refractivity contribution < 1.29 is 13.2 Å². The zero-order valence-corrected chi connectivity index (χ0v) is 14.8. The summed E-state index contributed by atoms with van der Waals surface area (Å²) in [7, 11) is -3.39. The van der Waals surface area contributed by atoms with Crippen LogP contribution in [0.25, 0.3) is 0 Å². The molecule has 25 heavy (non-hydrogen) atoms. The summed E-state index contributed by atoms with van der Waals surface area (Å²) in [5, 5.41) is 0. The van der Waals surface area contributed by atoms with E-state index in [0.717, 1.165) is 11.3 Å². The molecule has 8 heteroatoms. The number of benzene rings is 1. The molecule has 1 aromatic carbocycles. The van der Waals surface area contributed by atoms with Crippen LogP contribution >= 0.6 is 0 Å². The monoisotopic (exact) mass is 360 g/mol. The second-order valence-electron chi connectivity index (χ2n) is 5.98. The lowest BCUT2D eigenvalue weighted by Crippen LogP contribution is -2.50. The number of amides is 1. The smallest absolute Gasteiger partial charge is 0.274 e. The highest BCUT2D eigenvalue weighted by Gasteiger charge is 2.29. The quantitative estimate of drug-likeness (QED) is 0.814. The van der Waals surface area contributed by atoms with Crippen molar-refractivity contribution in [1.29, 1.82) is 0 Å². The van der Waals surface area contributed by atoms with E-state index in [9.17, 15) is 13.2 Å². The average Bonchev–Trinajstić information content (AvgIpc) is 2.62. The molecule has 1 saturated heterocycles. The van der Waals surface area contributed by atoms with Gasteiger partial charge >= 0.3 is 0 Å². The molecule has 1 aliphatic rings. The van der Waals surface area contributed by atoms with Gasteiger partial charge < -0.3 is 4.90 Å². The molecule has 7 nitrogen and oxygen atoms in total. The van der Waals surface area contributed by atoms with Gasteiger partial charge in [0.1, 0.15) is 5.69 Å². The number of aromatic nitrogens is 2. The van der Waals surface area contributed by atoms with Crippen LogP contribution in [-0.4, -0.2) is 59.7 Å². The number of piperazine rings is 1. The Morgan fingerprint density at radius 3 is 2.32 bits per heavy atom. The third kappa shape index (κ3) is 4.21. The van der Waals surface area contributed by atoms with Gasteiger partial charge in [-0.2, -0.15) is 4.31 Å². The Kier molecular flexibility index (Phi) is 5.10. The van der Waals surface area contributed by atoms with E-state index in [-0.39, 0.29) is 17.4 Å². The van der Waals surface area contributed by atoms with Crippen LogP contribution in [0, 0.1) is 6.92 Å². The Labute approximate surface area is 147 Å². The van der Waals surface area contributed by atoms with Gasteiger partial charge in [-0.05, 0) is 12.5 Å². The Morgan fingerprint density at radius 2 is 1.72 bits per heavy atom. The van der Waals surface area contributed by atoms with Crippen molar-refractivity contribution in [1.82, 2.24) is 19.2 Å². The summed E-state index contributed by atoms with van der Waals surface area (Å²) in [6.07, 6.45) is 3.00. The van der Waals surface area contributed by atoms with Gasteiger partial charge in [0.05, 0.1) is 17.6 Å². The lowest BCUT2D eigenvalue weighted by molar-refractivity contribution is 0.0691. The minimum absolute atomic E-state index is 0.0226. The van der Waals surface area contributed by atoms with Gasteiger partial charge in [0.15, 0.2) is 0 Å². The SMILES string of the molecule is Cc1cnc(C(=O)N2CCN(S(=O)(=O)Cc3ccccc3)CC2)cn1. The van der Waals surface area contributed by atoms with E-state index in [1.807, 2.05) is 18.2 Å². The van der Waals surface area contributed by atoms with Crippen LogP contribution in [0.15, 0.2) is 42.7 Å². The van der Waals surface area contributed by atoms with E-state index < -0.39 is 10.0 Å². The second-order valence-corrected chi connectivity index (χ2v) is 7.94. The second kappa shape index (κ2) is 7.28. The average molecular weight is 360 g/mol. The van der Waals surface area contributed by atoms with E-state index in [1.54, 1.807) is 30.2 Å². The molecule has 0 saturated carbocycles. The molecule has 0 unspecified atom stereocenters. The molecule has 132 valence electrons. The Hall–Kier alpha value is -2.32. The molecule has 2 aromatic rings. The molecule has 1 aliphatic heterocycles. The number of rotatable bonds is 4. The van der Waals surface area contributed by atoms with Crippen molar-refractivity contribution in [2.75, 3.05) is 26.2 Å². The summed E-state index contributed by atoms with van der Waals surface area (Å²) in [5.41, 5.74) is 1.79. The van der Waals surface area contributed by atoms with E-state index in [2.05, 4.69) is 9.97 Å². The third-order valence-corrected chi connectivity index (χ3v) is 5.96. The van der Waals surface area contributed by atoms with E-state index in [1.165, 1.54) is 10.5 Å². The molecular formula is C17H20N4O3S. The number of hydrogen-bond acceptors (Lipinski definition) is 5. The summed E-state index contributed by atoms with van der Waals surface area (Å²) in [6.45, 7) is 3.09. The molecule has 1 aromatic heterocycles. The molecule has 2 heterocycles. The van der Waals surface area contributed by atoms with Crippen LogP contribution in [0.1, 0.15) is 21.7 Å². The number of carbonyl (C=O) groups excluding carboxylic acids is 1. The van der Waals surface area contributed by atoms with Crippen LogP contribution < -0.4 is 0 Å². The number of hydrogen-bond donors (Lipinski definition) is 0. The predicted molar refractivity (Wildman–Crippen MR) is 93.3 cm³/mol. The van der Waals surface area contributed by atoms with Gasteiger partial charge in [0.2, 0.25) is 10.0 Å². The van der Waals surface area contributed by atoms with Crippen molar-refractivity contribution in [3.8, 4) is 0 Å². The largest absolute Gasteiger partial charge is 0.335 e. The molecule has 1 amide bonds. The number of nitrogens with zero attached hydrogens (tertiary/aromatic N) is 4. The summed E-state index contributed by atoms with van der Waals surface area (Å²) >= 11 is 0. The van der Waals surface area contributed by atoms with E-state index in [0.29, 0.717) is 26.2 Å². The van der Waals surface area contributed by atoms with Gasteiger partial charge in [-0.3, -0.25) is 9.78 Å². The lowest BCUT2D eigenvalue weighted by atomic mass is 10.2. The number of aryl methyl sites for hydroxylation is 1. The first-order valence-corrected chi connectivity index (χ1v) is 9.66. The fourth-order valence-corrected chi connectivity index (χ4v) is 4.23. The van der Waals surface area contributed by atoms with Crippen molar-refractivity contribution in [3.05, 3.63) is 59.7 Å². The minimum atomic E-state index is -3.39. The van der Waals surface area contributed by atoms with Crippen molar-refractivity contribution in [3.63, 3.8) is 0 Å². The highest BCUT2D eigenvalue weighted by atomic mass is 32.2.